The summed E-state index contributed by atoms with van der Waals surface area (Å²) >= 11 is 6.11. The molecule has 0 saturated heterocycles. The number of nitrogens with one attached hydrogen (secondary N) is 1. The molecule has 0 aliphatic carbocycles. The molecule has 2 aromatic rings. The number of imidazole rings is 1. The van der Waals surface area contributed by atoms with Gasteiger partial charge in [0.25, 0.3) is 0 Å². The topological polar surface area (TPSA) is 39.1 Å². The van der Waals surface area contributed by atoms with Crippen LogP contribution in [0.15, 0.2) is 30.6 Å². The third-order valence-corrected chi connectivity index (χ3v) is 3.26. The summed E-state index contributed by atoms with van der Waals surface area (Å²) in [6.07, 6.45) is 3.72. The second kappa shape index (κ2) is 6.08. The molecule has 4 nitrogen and oxygen atoms in total. The van der Waals surface area contributed by atoms with E-state index < -0.39 is 0 Å². The Labute approximate surface area is 118 Å². The summed E-state index contributed by atoms with van der Waals surface area (Å²) in [6, 6.07) is 5.58. The average Bonchev–Trinajstić information content (AvgIpc) is 2.82. The Morgan fingerprint density at radius 3 is 2.84 bits per heavy atom. The van der Waals surface area contributed by atoms with Crippen LogP contribution in [0.3, 0.4) is 0 Å². The summed E-state index contributed by atoms with van der Waals surface area (Å²) < 4.78 is 7.42. The van der Waals surface area contributed by atoms with Crippen LogP contribution in [0.1, 0.15) is 24.4 Å². The lowest BCUT2D eigenvalue weighted by atomic mass is 10.0. The van der Waals surface area contributed by atoms with Crippen LogP contribution in [0.2, 0.25) is 5.02 Å². The first kappa shape index (κ1) is 13.9. The van der Waals surface area contributed by atoms with Crippen LogP contribution < -0.4 is 10.1 Å². The van der Waals surface area contributed by atoms with Gasteiger partial charge in [-0.3, -0.25) is 0 Å². The van der Waals surface area contributed by atoms with E-state index >= 15 is 0 Å². The van der Waals surface area contributed by atoms with Gasteiger partial charge in [-0.05, 0) is 24.7 Å². The molecule has 102 valence electrons. The van der Waals surface area contributed by atoms with E-state index in [1.807, 2.05) is 36.0 Å². The predicted molar refractivity (Wildman–Crippen MR) is 76.7 cm³/mol. The lowest BCUT2D eigenvalue weighted by Gasteiger charge is -2.20. The normalized spacial score (nSPS) is 12.4. The van der Waals surface area contributed by atoms with Crippen molar-refractivity contribution in [2.24, 2.45) is 7.05 Å². The number of nitrogens with zero attached hydrogens (tertiary/aromatic N) is 2. The second-order valence-electron chi connectivity index (χ2n) is 4.27. The molecule has 0 aliphatic rings. The lowest BCUT2D eigenvalue weighted by molar-refractivity contribution is 0.402. The standard InChI is InChI=1S/C14H18ClN3O/c1-4-16-13(14-17-7-8-18(14)2)11-9-10(15)5-6-12(11)19-3/h5-9,13,16H,4H2,1-3H3. The van der Waals surface area contributed by atoms with Crippen molar-refractivity contribution in [3.63, 3.8) is 0 Å². The minimum atomic E-state index is -0.0429. The number of rotatable bonds is 5. The van der Waals surface area contributed by atoms with Crippen molar-refractivity contribution in [2.45, 2.75) is 13.0 Å². The molecule has 0 aliphatic heterocycles. The molecule has 1 N–H and O–H groups in total. The Morgan fingerprint density at radius 2 is 2.26 bits per heavy atom. The van der Waals surface area contributed by atoms with Gasteiger partial charge in [-0.15, -0.1) is 0 Å². The SMILES string of the molecule is CCNC(c1cc(Cl)ccc1OC)c1nccn1C. The number of aromatic nitrogens is 2. The van der Waals surface area contributed by atoms with Crippen LogP contribution in [0.5, 0.6) is 5.75 Å². The van der Waals surface area contributed by atoms with Gasteiger partial charge in [-0.25, -0.2) is 4.98 Å². The Hall–Kier alpha value is -1.52. The van der Waals surface area contributed by atoms with Gasteiger partial charge in [-0.1, -0.05) is 18.5 Å². The number of halogens is 1. The van der Waals surface area contributed by atoms with E-state index in [0.717, 1.165) is 23.7 Å². The van der Waals surface area contributed by atoms with Crippen LogP contribution in [-0.2, 0) is 7.05 Å². The van der Waals surface area contributed by atoms with Gasteiger partial charge in [0.2, 0.25) is 0 Å². The van der Waals surface area contributed by atoms with Crippen LogP contribution in [-0.4, -0.2) is 23.2 Å². The van der Waals surface area contributed by atoms with Crippen molar-refractivity contribution in [3.05, 3.63) is 47.0 Å². The van der Waals surface area contributed by atoms with Gasteiger partial charge in [-0.2, -0.15) is 0 Å². The summed E-state index contributed by atoms with van der Waals surface area (Å²) in [5.74, 6) is 1.74. The molecule has 5 heteroatoms. The monoisotopic (exact) mass is 279 g/mol. The highest BCUT2D eigenvalue weighted by Gasteiger charge is 2.21. The molecular weight excluding hydrogens is 262 g/mol. The number of hydrogen-bond acceptors (Lipinski definition) is 3. The number of ether oxygens (including phenoxy) is 1. The number of hydrogen-bond donors (Lipinski definition) is 1. The zero-order valence-corrected chi connectivity index (χ0v) is 12.1. The number of aryl methyl sites for hydroxylation is 1. The fourth-order valence-electron chi connectivity index (χ4n) is 2.13. The molecule has 1 atom stereocenters. The average molecular weight is 280 g/mol. The largest absolute Gasteiger partial charge is 0.496 e. The van der Waals surface area contributed by atoms with E-state index in [-0.39, 0.29) is 6.04 Å². The minimum Gasteiger partial charge on any atom is -0.496 e. The van der Waals surface area contributed by atoms with Crippen LogP contribution >= 0.6 is 11.6 Å². The molecule has 1 aromatic heterocycles. The van der Waals surface area contributed by atoms with Crippen molar-refractivity contribution in [2.75, 3.05) is 13.7 Å². The Kier molecular flexibility index (Phi) is 4.45. The van der Waals surface area contributed by atoms with Crippen molar-refractivity contribution in [1.29, 1.82) is 0 Å². The van der Waals surface area contributed by atoms with Crippen molar-refractivity contribution in [1.82, 2.24) is 14.9 Å². The van der Waals surface area contributed by atoms with Gasteiger partial charge < -0.3 is 14.6 Å². The quantitative estimate of drug-likeness (QED) is 0.915. The first-order valence-electron chi connectivity index (χ1n) is 6.21. The van der Waals surface area contributed by atoms with E-state index in [1.54, 1.807) is 13.3 Å². The first-order valence-corrected chi connectivity index (χ1v) is 6.59. The lowest BCUT2D eigenvalue weighted by Crippen LogP contribution is -2.25. The number of methoxy groups -OCH3 is 1. The van der Waals surface area contributed by atoms with E-state index in [2.05, 4.69) is 17.2 Å². The van der Waals surface area contributed by atoms with Crippen molar-refractivity contribution in [3.8, 4) is 5.75 Å². The maximum atomic E-state index is 6.11. The van der Waals surface area contributed by atoms with Crippen LogP contribution in [0.4, 0.5) is 0 Å². The fraction of sp³-hybridized carbons (Fsp3) is 0.357. The summed E-state index contributed by atoms with van der Waals surface area (Å²) in [5.41, 5.74) is 0.992. The summed E-state index contributed by atoms with van der Waals surface area (Å²) in [7, 11) is 3.64. The smallest absolute Gasteiger partial charge is 0.130 e. The Balaban J connectivity index is 2.50. The molecule has 0 bridgehead atoms. The van der Waals surface area contributed by atoms with Crippen LogP contribution in [0, 0.1) is 0 Å². The molecule has 0 spiro atoms. The molecular formula is C14H18ClN3O. The van der Waals surface area contributed by atoms with Gasteiger partial charge in [0.05, 0.1) is 13.2 Å². The van der Waals surface area contributed by atoms with Crippen molar-refractivity contribution >= 4 is 11.6 Å². The molecule has 0 radical (unpaired) electrons. The maximum absolute atomic E-state index is 6.11. The molecule has 2 rings (SSSR count). The highest BCUT2D eigenvalue weighted by Crippen LogP contribution is 2.31. The maximum Gasteiger partial charge on any atom is 0.130 e. The molecule has 1 aromatic carbocycles. The van der Waals surface area contributed by atoms with E-state index in [1.165, 1.54) is 0 Å². The van der Waals surface area contributed by atoms with Crippen molar-refractivity contribution < 1.29 is 4.74 Å². The highest BCUT2D eigenvalue weighted by atomic mass is 35.5. The molecule has 0 fully saturated rings. The third-order valence-electron chi connectivity index (χ3n) is 3.03. The molecule has 0 amide bonds. The van der Waals surface area contributed by atoms with Crippen LogP contribution in [0.25, 0.3) is 0 Å². The summed E-state index contributed by atoms with van der Waals surface area (Å²) in [6.45, 7) is 2.89. The van der Waals surface area contributed by atoms with E-state index in [0.29, 0.717) is 5.02 Å². The summed E-state index contributed by atoms with van der Waals surface area (Å²) in [4.78, 5) is 4.42. The van der Waals surface area contributed by atoms with Gasteiger partial charge in [0.15, 0.2) is 0 Å². The highest BCUT2D eigenvalue weighted by molar-refractivity contribution is 6.30. The summed E-state index contributed by atoms with van der Waals surface area (Å²) in [5, 5.41) is 4.11. The van der Waals surface area contributed by atoms with Gasteiger partial charge >= 0.3 is 0 Å². The molecule has 19 heavy (non-hydrogen) atoms. The first-order chi connectivity index (χ1) is 9.17. The van der Waals surface area contributed by atoms with Gasteiger partial charge in [0.1, 0.15) is 11.6 Å². The molecule has 0 saturated carbocycles. The number of benzene rings is 1. The zero-order chi connectivity index (χ0) is 13.8. The third kappa shape index (κ3) is 2.91. The second-order valence-corrected chi connectivity index (χ2v) is 4.71. The minimum absolute atomic E-state index is 0.0429. The zero-order valence-electron chi connectivity index (χ0n) is 11.4. The van der Waals surface area contributed by atoms with E-state index in [9.17, 15) is 0 Å². The fourth-order valence-corrected chi connectivity index (χ4v) is 2.31. The molecule has 1 heterocycles. The Bertz CT molecular complexity index is 553. The Morgan fingerprint density at radius 1 is 1.47 bits per heavy atom. The molecule has 1 unspecified atom stereocenters. The van der Waals surface area contributed by atoms with E-state index in [4.69, 9.17) is 16.3 Å². The van der Waals surface area contributed by atoms with Gasteiger partial charge in [0, 0.05) is 30.0 Å². The predicted octanol–water partition coefficient (Wildman–Crippen LogP) is 2.78.